The zero-order chi connectivity index (χ0) is 12.8. The number of aryl methyl sites for hydroxylation is 1. The van der Waals surface area contributed by atoms with Crippen molar-refractivity contribution in [3.05, 3.63) is 70.8 Å². The summed E-state index contributed by atoms with van der Waals surface area (Å²) in [6.07, 6.45) is 0.811. The van der Waals surface area contributed by atoms with Crippen LogP contribution in [0.4, 0.5) is 0 Å². The molecule has 1 atom stereocenters. The summed E-state index contributed by atoms with van der Waals surface area (Å²) in [5.74, 6) is 0.252. The molecule has 0 saturated heterocycles. The van der Waals surface area contributed by atoms with E-state index in [4.69, 9.17) is 0 Å². The van der Waals surface area contributed by atoms with Crippen LogP contribution in [0.25, 0.3) is 0 Å². The first-order chi connectivity index (χ1) is 8.61. The molecule has 1 aliphatic rings. The molecule has 2 aromatic carbocycles. The molecule has 0 aromatic heterocycles. The minimum absolute atomic E-state index is 0.252. The number of ketones is 1. The van der Waals surface area contributed by atoms with Crippen LogP contribution in [0.5, 0.6) is 0 Å². The topological polar surface area (TPSA) is 17.1 Å². The lowest BCUT2D eigenvalue weighted by atomic mass is 9.79. The second-order valence-corrected chi connectivity index (χ2v) is 5.36. The molecule has 0 unspecified atom stereocenters. The van der Waals surface area contributed by atoms with E-state index in [0.717, 1.165) is 17.5 Å². The summed E-state index contributed by atoms with van der Waals surface area (Å²) in [6, 6.07) is 16.3. The first-order valence-electron chi connectivity index (χ1n) is 6.31. The molecule has 18 heavy (non-hydrogen) atoms. The highest BCUT2D eigenvalue weighted by Gasteiger charge is 2.42. The molecular weight excluding hydrogens is 220 g/mol. The quantitative estimate of drug-likeness (QED) is 0.738. The Morgan fingerprint density at radius 3 is 2.33 bits per heavy atom. The number of carbonyl (C=O) groups is 1. The van der Waals surface area contributed by atoms with E-state index >= 15 is 0 Å². The summed E-state index contributed by atoms with van der Waals surface area (Å²) < 4.78 is 0. The second-order valence-electron chi connectivity index (χ2n) is 5.36. The normalized spacial score (nSPS) is 22.0. The van der Waals surface area contributed by atoms with Gasteiger partial charge in [-0.2, -0.15) is 0 Å². The molecule has 0 fully saturated rings. The van der Waals surface area contributed by atoms with E-state index in [1.165, 1.54) is 11.1 Å². The molecule has 2 aromatic rings. The largest absolute Gasteiger partial charge is 0.293 e. The van der Waals surface area contributed by atoms with Crippen LogP contribution >= 0.6 is 0 Å². The van der Waals surface area contributed by atoms with Gasteiger partial charge in [0.25, 0.3) is 0 Å². The Morgan fingerprint density at radius 2 is 1.67 bits per heavy atom. The Kier molecular flexibility index (Phi) is 2.37. The molecule has 0 N–H and O–H groups in total. The summed E-state index contributed by atoms with van der Waals surface area (Å²) in [6.45, 7) is 4.12. The first kappa shape index (κ1) is 11.2. The molecule has 0 bridgehead atoms. The third-order valence-electron chi connectivity index (χ3n) is 4.00. The van der Waals surface area contributed by atoms with E-state index in [0.29, 0.717) is 0 Å². The zero-order valence-corrected chi connectivity index (χ0v) is 10.7. The van der Waals surface area contributed by atoms with Gasteiger partial charge in [-0.15, -0.1) is 0 Å². The number of carbonyl (C=O) groups excluding carboxylic acids is 1. The number of hydrogen-bond donors (Lipinski definition) is 0. The third kappa shape index (κ3) is 1.51. The standard InChI is InChI=1S/C17H16O/c1-12-7-9-14(10-8-12)17(2)11-13-5-3-4-6-15(13)16(17)18/h3-10H,11H2,1-2H3/t17-/m0/s1. The molecule has 0 heterocycles. The van der Waals surface area contributed by atoms with Crippen LogP contribution in [0.2, 0.25) is 0 Å². The van der Waals surface area contributed by atoms with Crippen molar-refractivity contribution in [3.63, 3.8) is 0 Å². The van der Waals surface area contributed by atoms with Crippen molar-refractivity contribution in [1.82, 2.24) is 0 Å². The van der Waals surface area contributed by atoms with Crippen LogP contribution in [0.1, 0.15) is 34.0 Å². The molecule has 1 heteroatoms. The molecule has 0 spiro atoms. The van der Waals surface area contributed by atoms with Gasteiger partial charge in [-0.3, -0.25) is 4.79 Å². The van der Waals surface area contributed by atoms with Gasteiger partial charge in [0.1, 0.15) is 0 Å². The van der Waals surface area contributed by atoms with Crippen LogP contribution in [0, 0.1) is 6.92 Å². The summed E-state index contributed by atoms with van der Waals surface area (Å²) in [5, 5.41) is 0. The van der Waals surface area contributed by atoms with Crippen molar-refractivity contribution in [3.8, 4) is 0 Å². The van der Waals surface area contributed by atoms with Crippen LogP contribution in [0.3, 0.4) is 0 Å². The van der Waals surface area contributed by atoms with Crippen molar-refractivity contribution >= 4 is 5.78 Å². The Labute approximate surface area is 107 Å². The summed E-state index contributed by atoms with van der Waals surface area (Å²) in [7, 11) is 0. The highest BCUT2D eigenvalue weighted by molar-refractivity contribution is 6.08. The van der Waals surface area contributed by atoms with Crippen LogP contribution in [-0.4, -0.2) is 5.78 Å². The molecule has 90 valence electrons. The van der Waals surface area contributed by atoms with Gasteiger partial charge in [0.15, 0.2) is 5.78 Å². The van der Waals surface area contributed by atoms with Gasteiger partial charge in [0.2, 0.25) is 0 Å². The van der Waals surface area contributed by atoms with E-state index in [2.05, 4.69) is 44.2 Å². The van der Waals surface area contributed by atoms with Crippen molar-refractivity contribution in [2.45, 2.75) is 25.7 Å². The highest BCUT2D eigenvalue weighted by atomic mass is 16.1. The smallest absolute Gasteiger partial charge is 0.173 e. The van der Waals surface area contributed by atoms with E-state index < -0.39 is 5.41 Å². The van der Waals surface area contributed by atoms with Crippen molar-refractivity contribution < 1.29 is 4.79 Å². The molecule has 1 nitrogen and oxygen atoms in total. The fourth-order valence-electron chi connectivity index (χ4n) is 2.81. The minimum atomic E-state index is -0.391. The Hall–Kier alpha value is -1.89. The van der Waals surface area contributed by atoms with Gasteiger partial charge in [-0.1, -0.05) is 54.1 Å². The molecule has 0 radical (unpaired) electrons. The van der Waals surface area contributed by atoms with Gasteiger partial charge >= 0.3 is 0 Å². The summed E-state index contributed by atoms with van der Waals surface area (Å²) >= 11 is 0. The fraction of sp³-hybridized carbons (Fsp3) is 0.235. The van der Waals surface area contributed by atoms with Crippen molar-refractivity contribution in [2.24, 2.45) is 0 Å². The SMILES string of the molecule is Cc1ccc([C@]2(C)Cc3ccccc3C2=O)cc1. The van der Waals surface area contributed by atoms with Crippen molar-refractivity contribution in [1.29, 1.82) is 0 Å². The van der Waals surface area contributed by atoms with Gasteiger partial charge in [-0.05, 0) is 31.4 Å². The van der Waals surface area contributed by atoms with Crippen LogP contribution < -0.4 is 0 Å². The third-order valence-corrected chi connectivity index (χ3v) is 4.00. The maximum atomic E-state index is 12.6. The molecule has 0 aliphatic heterocycles. The summed E-state index contributed by atoms with van der Waals surface area (Å²) in [5.41, 5.74) is 4.02. The van der Waals surface area contributed by atoms with E-state index in [1.807, 2.05) is 18.2 Å². The van der Waals surface area contributed by atoms with E-state index in [-0.39, 0.29) is 5.78 Å². The van der Waals surface area contributed by atoms with Crippen LogP contribution in [-0.2, 0) is 11.8 Å². The lowest BCUT2D eigenvalue weighted by Gasteiger charge is -2.22. The van der Waals surface area contributed by atoms with Gasteiger partial charge in [0, 0.05) is 5.56 Å². The minimum Gasteiger partial charge on any atom is -0.293 e. The average Bonchev–Trinajstić information content (AvgIpc) is 2.64. The second kappa shape index (κ2) is 3.81. The summed E-state index contributed by atoms with van der Waals surface area (Å²) in [4.78, 5) is 12.6. The number of Topliss-reactive ketones (excluding diaryl/α,β-unsaturated/α-hetero) is 1. The molecule has 1 aliphatic carbocycles. The fourth-order valence-corrected chi connectivity index (χ4v) is 2.81. The Bertz CT molecular complexity index is 610. The average molecular weight is 236 g/mol. The number of rotatable bonds is 1. The molecule has 0 saturated carbocycles. The molecule has 3 rings (SSSR count). The molecular formula is C17H16O. The van der Waals surface area contributed by atoms with Crippen molar-refractivity contribution in [2.75, 3.05) is 0 Å². The number of fused-ring (bicyclic) bond motifs is 1. The lowest BCUT2D eigenvalue weighted by Crippen LogP contribution is -2.29. The first-order valence-corrected chi connectivity index (χ1v) is 6.31. The predicted octanol–water partition coefficient (Wildman–Crippen LogP) is 3.69. The predicted molar refractivity (Wildman–Crippen MR) is 73.0 cm³/mol. The Morgan fingerprint density at radius 1 is 1.00 bits per heavy atom. The monoisotopic (exact) mass is 236 g/mol. The Balaban J connectivity index is 2.09. The van der Waals surface area contributed by atoms with Gasteiger partial charge < -0.3 is 0 Å². The number of benzene rings is 2. The van der Waals surface area contributed by atoms with Crippen LogP contribution in [0.15, 0.2) is 48.5 Å². The maximum absolute atomic E-state index is 12.6. The van der Waals surface area contributed by atoms with E-state index in [9.17, 15) is 4.79 Å². The highest BCUT2D eigenvalue weighted by Crippen LogP contribution is 2.39. The number of hydrogen-bond acceptors (Lipinski definition) is 1. The van der Waals surface area contributed by atoms with Gasteiger partial charge in [-0.25, -0.2) is 0 Å². The van der Waals surface area contributed by atoms with E-state index in [1.54, 1.807) is 0 Å². The maximum Gasteiger partial charge on any atom is 0.173 e. The van der Waals surface area contributed by atoms with Gasteiger partial charge in [0.05, 0.1) is 5.41 Å². The molecule has 0 amide bonds. The lowest BCUT2D eigenvalue weighted by molar-refractivity contribution is 0.0915. The zero-order valence-electron chi connectivity index (χ0n) is 10.7.